The molecule has 0 unspecified atom stereocenters. The van der Waals surface area contributed by atoms with E-state index in [0.717, 1.165) is 6.07 Å². The molecule has 0 saturated heterocycles. The van der Waals surface area contributed by atoms with E-state index in [1.54, 1.807) is 0 Å². The van der Waals surface area contributed by atoms with E-state index >= 15 is 0 Å². The topological polar surface area (TPSA) is 75.7 Å². The highest BCUT2D eigenvalue weighted by molar-refractivity contribution is 7.90. The normalized spacial score (nSPS) is 15.2. The van der Waals surface area contributed by atoms with Crippen molar-refractivity contribution in [2.45, 2.75) is 19.2 Å². The fraction of sp³-hybridized carbons (Fsp3) is 0.462. The van der Waals surface area contributed by atoms with Crippen molar-refractivity contribution in [2.75, 3.05) is 24.2 Å². The summed E-state index contributed by atoms with van der Waals surface area (Å²) in [5.41, 5.74) is 0.912. The van der Waals surface area contributed by atoms with Crippen molar-refractivity contribution in [3.8, 4) is 5.75 Å². The average Bonchev–Trinajstić information content (AvgIpc) is 2.44. The predicted molar refractivity (Wildman–Crippen MR) is 76.6 cm³/mol. The van der Waals surface area contributed by atoms with E-state index in [1.165, 1.54) is 24.1 Å². The molecule has 1 aromatic carbocycles. The van der Waals surface area contributed by atoms with Gasteiger partial charge in [0.2, 0.25) is 15.9 Å². The summed E-state index contributed by atoms with van der Waals surface area (Å²) >= 11 is 0. The Kier molecular flexibility index (Phi) is 4.85. The molecule has 0 aromatic heterocycles. The second kappa shape index (κ2) is 6.36. The lowest BCUT2D eigenvalue weighted by molar-refractivity contribution is -0.274. The van der Waals surface area contributed by atoms with Crippen molar-refractivity contribution in [3.05, 3.63) is 23.8 Å². The number of nitrogens with one attached hydrogen (secondary N) is 1. The smallest absolute Gasteiger partial charge is 0.406 e. The summed E-state index contributed by atoms with van der Waals surface area (Å²) in [4.78, 5) is 13.4. The summed E-state index contributed by atoms with van der Waals surface area (Å²) in [5, 5.41) is 0. The van der Waals surface area contributed by atoms with Gasteiger partial charge in [0.1, 0.15) is 11.5 Å². The quantitative estimate of drug-likeness (QED) is 0.889. The molecule has 1 N–H and O–H groups in total. The summed E-state index contributed by atoms with van der Waals surface area (Å²) in [6, 6.07) is 3.65. The van der Waals surface area contributed by atoms with E-state index in [2.05, 4.69) is 4.74 Å². The van der Waals surface area contributed by atoms with Crippen LogP contribution in [-0.2, 0) is 21.2 Å². The van der Waals surface area contributed by atoms with Crippen molar-refractivity contribution < 1.29 is 31.1 Å². The number of anilines is 1. The number of benzene rings is 1. The van der Waals surface area contributed by atoms with Crippen LogP contribution in [0.5, 0.6) is 5.75 Å². The molecule has 0 bridgehead atoms. The van der Waals surface area contributed by atoms with Gasteiger partial charge in [0, 0.05) is 12.2 Å². The van der Waals surface area contributed by atoms with Gasteiger partial charge in [0.25, 0.3) is 0 Å². The third-order valence-corrected chi connectivity index (χ3v) is 4.58. The van der Waals surface area contributed by atoms with Crippen molar-refractivity contribution in [2.24, 2.45) is 0 Å². The van der Waals surface area contributed by atoms with Crippen molar-refractivity contribution in [1.82, 2.24) is 4.72 Å². The zero-order chi connectivity index (χ0) is 17.3. The molecule has 6 nitrogen and oxygen atoms in total. The van der Waals surface area contributed by atoms with Crippen LogP contribution in [0.1, 0.15) is 12.0 Å². The molecular formula is C13H15F3N2O4S. The first-order chi connectivity index (χ1) is 10.6. The number of aryl methyl sites for hydroxylation is 1. The summed E-state index contributed by atoms with van der Waals surface area (Å²) in [6.07, 6.45) is -3.79. The van der Waals surface area contributed by atoms with E-state index < -0.39 is 28.0 Å². The highest BCUT2D eigenvalue weighted by Gasteiger charge is 2.32. The number of amides is 1. The third kappa shape index (κ3) is 4.58. The van der Waals surface area contributed by atoms with E-state index in [-0.39, 0.29) is 5.75 Å². The number of halogens is 3. The van der Waals surface area contributed by atoms with Gasteiger partial charge in [0.15, 0.2) is 0 Å². The number of ether oxygens (including phenoxy) is 1. The van der Waals surface area contributed by atoms with Crippen LogP contribution in [0.3, 0.4) is 0 Å². The summed E-state index contributed by atoms with van der Waals surface area (Å²) in [6.45, 7) is 0.310. The molecule has 0 radical (unpaired) electrons. The monoisotopic (exact) mass is 352 g/mol. The minimum atomic E-state index is -4.79. The lowest BCUT2D eigenvalue weighted by atomic mass is 10.0. The maximum atomic E-state index is 12.2. The second-order valence-electron chi connectivity index (χ2n) is 4.95. The number of carbonyl (C=O) groups is 1. The van der Waals surface area contributed by atoms with Crippen molar-refractivity contribution >= 4 is 21.6 Å². The van der Waals surface area contributed by atoms with Gasteiger partial charge in [-0.1, -0.05) is 0 Å². The highest BCUT2D eigenvalue weighted by atomic mass is 32.2. The number of sulfonamides is 1. The fourth-order valence-corrected chi connectivity index (χ4v) is 2.97. The Balaban J connectivity index is 2.24. The predicted octanol–water partition coefficient (Wildman–Crippen LogP) is 1.41. The Morgan fingerprint density at radius 1 is 1.39 bits per heavy atom. The molecular weight excluding hydrogens is 337 g/mol. The number of nitrogens with zero attached hydrogens (tertiary/aromatic N) is 1. The lowest BCUT2D eigenvalue weighted by Crippen LogP contribution is -2.41. The molecule has 0 spiro atoms. The molecule has 10 heteroatoms. The second-order valence-corrected chi connectivity index (χ2v) is 6.88. The molecule has 1 aromatic rings. The molecule has 2 rings (SSSR count). The molecule has 0 fully saturated rings. The van der Waals surface area contributed by atoms with E-state index in [9.17, 15) is 26.4 Å². The van der Waals surface area contributed by atoms with Gasteiger partial charge in [-0.3, -0.25) is 4.79 Å². The summed E-state index contributed by atoms with van der Waals surface area (Å²) in [5.74, 6) is -1.72. The zero-order valence-corrected chi connectivity index (χ0v) is 13.0. The van der Waals surface area contributed by atoms with Crippen LogP contribution in [-0.4, -0.2) is 40.0 Å². The first kappa shape index (κ1) is 17.5. The zero-order valence-electron chi connectivity index (χ0n) is 12.2. The standard InChI is InChI=1S/C13H15F3N2O4S/c1-17-23(20,21)8-12(19)18-6-2-3-9-7-10(4-5-11(9)18)22-13(14,15)16/h4-5,7,17H,2-3,6,8H2,1H3. The Labute approximate surface area is 131 Å². The largest absolute Gasteiger partial charge is 0.573 e. The molecule has 1 aliphatic heterocycles. The highest BCUT2D eigenvalue weighted by Crippen LogP contribution is 2.32. The van der Waals surface area contributed by atoms with Gasteiger partial charge in [0.05, 0.1) is 0 Å². The van der Waals surface area contributed by atoms with Crippen molar-refractivity contribution in [1.29, 1.82) is 0 Å². The Bertz CT molecular complexity index is 704. The fourth-order valence-electron chi connectivity index (χ4n) is 2.34. The van der Waals surface area contributed by atoms with Crippen LogP contribution in [0.25, 0.3) is 0 Å². The van der Waals surface area contributed by atoms with E-state index in [1.807, 2.05) is 4.72 Å². The van der Waals surface area contributed by atoms with Crippen LogP contribution >= 0.6 is 0 Å². The maximum absolute atomic E-state index is 12.2. The van der Waals surface area contributed by atoms with Gasteiger partial charge in [-0.05, 0) is 43.7 Å². The van der Waals surface area contributed by atoms with Gasteiger partial charge in [-0.2, -0.15) is 0 Å². The Morgan fingerprint density at radius 3 is 2.70 bits per heavy atom. The van der Waals surface area contributed by atoms with Crippen LogP contribution in [0.2, 0.25) is 0 Å². The number of rotatable bonds is 4. The molecule has 1 heterocycles. The van der Waals surface area contributed by atoms with Gasteiger partial charge in [-0.15, -0.1) is 13.2 Å². The first-order valence-corrected chi connectivity index (χ1v) is 8.37. The molecule has 128 valence electrons. The van der Waals surface area contributed by atoms with Crippen LogP contribution in [0.4, 0.5) is 18.9 Å². The van der Waals surface area contributed by atoms with Crippen LogP contribution in [0, 0.1) is 0 Å². The Hall–Kier alpha value is -1.81. The molecule has 0 saturated carbocycles. The molecule has 0 atom stereocenters. The number of hydrogen-bond acceptors (Lipinski definition) is 4. The lowest BCUT2D eigenvalue weighted by Gasteiger charge is -2.29. The van der Waals surface area contributed by atoms with Gasteiger partial charge >= 0.3 is 6.36 Å². The molecule has 0 aliphatic carbocycles. The van der Waals surface area contributed by atoms with E-state index in [4.69, 9.17) is 0 Å². The minimum Gasteiger partial charge on any atom is -0.406 e. The average molecular weight is 352 g/mol. The molecule has 1 amide bonds. The SMILES string of the molecule is CNS(=O)(=O)CC(=O)N1CCCc2cc(OC(F)(F)F)ccc21. The van der Waals surface area contributed by atoms with Gasteiger partial charge < -0.3 is 9.64 Å². The molecule has 23 heavy (non-hydrogen) atoms. The number of alkyl halides is 3. The maximum Gasteiger partial charge on any atom is 0.573 e. The number of hydrogen-bond donors (Lipinski definition) is 1. The minimum absolute atomic E-state index is 0.310. The van der Waals surface area contributed by atoms with Crippen molar-refractivity contribution in [3.63, 3.8) is 0 Å². The van der Waals surface area contributed by atoms with E-state index in [0.29, 0.717) is 30.6 Å². The third-order valence-electron chi connectivity index (χ3n) is 3.33. The van der Waals surface area contributed by atoms with Gasteiger partial charge in [-0.25, -0.2) is 13.1 Å². The van der Waals surface area contributed by atoms with Crippen LogP contribution < -0.4 is 14.4 Å². The summed E-state index contributed by atoms with van der Waals surface area (Å²) in [7, 11) is -2.52. The Morgan fingerprint density at radius 2 is 2.09 bits per heavy atom. The number of carbonyl (C=O) groups excluding carboxylic acids is 1. The number of fused-ring (bicyclic) bond motifs is 1. The summed E-state index contributed by atoms with van der Waals surface area (Å²) < 4.78 is 65.6. The van der Waals surface area contributed by atoms with Crippen LogP contribution in [0.15, 0.2) is 18.2 Å². The molecule has 1 aliphatic rings. The first-order valence-electron chi connectivity index (χ1n) is 6.71.